The highest BCUT2D eigenvalue weighted by Gasteiger charge is 2.28. The number of hydrogen-bond acceptors (Lipinski definition) is 2. The second kappa shape index (κ2) is 3.66. The molecular formula is C9H10IN3. The van der Waals surface area contributed by atoms with Gasteiger partial charge >= 0.3 is 0 Å². The van der Waals surface area contributed by atoms with Gasteiger partial charge in [-0.3, -0.25) is 4.68 Å². The summed E-state index contributed by atoms with van der Waals surface area (Å²) in [5, 5.41) is 13.2. The molecular weight excluding hydrogens is 277 g/mol. The molecule has 2 rings (SSSR count). The zero-order valence-electron chi connectivity index (χ0n) is 7.15. The lowest BCUT2D eigenvalue weighted by molar-refractivity contribution is 0.409. The molecule has 68 valence electrons. The fraction of sp³-hybridized carbons (Fsp3) is 0.556. The number of halogens is 1. The second-order valence-electron chi connectivity index (χ2n) is 3.37. The molecule has 1 aliphatic carbocycles. The van der Waals surface area contributed by atoms with Crippen molar-refractivity contribution in [3.63, 3.8) is 0 Å². The predicted octanol–water partition coefficient (Wildman–Crippen LogP) is 2.35. The van der Waals surface area contributed by atoms with Crippen LogP contribution in [0.4, 0.5) is 0 Å². The molecule has 13 heavy (non-hydrogen) atoms. The van der Waals surface area contributed by atoms with Crippen molar-refractivity contribution in [3.05, 3.63) is 16.0 Å². The quantitative estimate of drug-likeness (QED) is 0.744. The van der Waals surface area contributed by atoms with Gasteiger partial charge in [0.25, 0.3) is 0 Å². The maximum atomic E-state index is 8.91. The summed E-state index contributed by atoms with van der Waals surface area (Å²) in [6.07, 6.45) is 7.13. The van der Waals surface area contributed by atoms with Gasteiger partial charge < -0.3 is 0 Å². The Morgan fingerprint density at radius 3 is 3.08 bits per heavy atom. The first-order valence-corrected chi connectivity index (χ1v) is 5.48. The average Bonchev–Trinajstić information content (AvgIpc) is 2.71. The summed E-state index contributed by atoms with van der Waals surface area (Å²) in [4.78, 5) is 0. The standard InChI is InChI=1S/C9H10IN3/c10-8-5-12-13(6-8)9-3-1-2-7(9)4-11/h5-7,9H,1-3H2. The van der Waals surface area contributed by atoms with Gasteiger partial charge in [-0.2, -0.15) is 10.4 Å². The number of aromatic nitrogens is 2. The van der Waals surface area contributed by atoms with E-state index in [0.717, 1.165) is 22.8 Å². The van der Waals surface area contributed by atoms with Crippen LogP contribution in [-0.2, 0) is 0 Å². The molecule has 0 radical (unpaired) electrons. The number of hydrogen-bond donors (Lipinski definition) is 0. The topological polar surface area (TPSA) is 41.6 Å². The summed E-state index contributed by atoms with van der Waals surface area (Å²) in [5.74, 6) is 0.163. The van der Waals surface area contributed by atoms with Crippen molar-refractivity contribution in [2.45, 2.75) is 25.3 Å². The minimum Gasteiger partial charge on any atom is -0.267 e. The van der Waals surface area contributed by atoms with Crippen LogP contribution >= 0.6 is 22.6 Å². The summed E-state index contributed by atoms with van der Waals surface area (Å²) in [7, 11) is 0. The molecule has 0 N–H and O–H groups in total. The Bertz CT molecular complexity index is 339. The minimum atomic E-state index is 0.163. The van der Waals surface area contributed by atoms with Gasteiger partial charge in [0, 0.05) is 6.20 Å². The van der Waals surface area contributed by atoms with Crippen molar-refractivity contribution >= 4 is 22.6 Å². The molecule has 1 aliphatic rings. The van der Waals surface area contributed by atoms with Crippen LogP contribution in [0.2, 0.25) is 0 Å². The van der Waals surface area contributed by atoms with Crippen LogP contribution in [-0.4, -0.2) is 9.78 Å². The molecule has 1 aromatic heterocycles. The van der Waals surface area contributed by atoms with Crippen molar-refractivity contribution in [3.8, 4) is 6.07 Å². The van der Waals surface area contributed by atoms with Crippen molar-refractivity contribution in [1.82, 2.24) is 9.78 Å². The Labute approximate surface area is 90.9 Å². The Morgan fingerprint density at radius 2 is 2.46 bits per heavy atom. The minimum absolute atomic E-state index is 0.163. The molecule has 0 aliphatic heterocycles. The van der Waals surface area contributed by atoms with Gasteiger partial charge in [0.2, 0.25) is 0 Å². The molecule has 1 fully saturated rings. The normalized spacial score (nSPS) is 27.4. The first-order valence-electron chi connectivity index (χ1n) is 4.40. The Hall–Kier alpha value is -0.570. The van der Waals surface area contributed by atoms with Gasteiger partial charge in [0.05, 0.1) is 27.8 Å². The van der Waals surface area contributed by atoms with Crippen LogP contribution in [0.3, 0.4) is 0 Å². The third kappa shape index (κ3) is 1.70. The third-order valence-corrected chi connectivity index (χ3v) is 3.11. The van der Waals surface area contributed by atoms with Gasteiger partial charge in [-0.05, 0) is 41.9 Å². The molecule has 4 heteroatoms. The van der Waals surface area contributed by atoms with Crippen LogP contribution < -0.4 is 0 Å². The van der Waals surface area contributed by atoms with E-state index in [4.69, 9.17) is 5.26 Å². The fourth-order valence-electron chi connectivity index (χ4n) is 1.90. The average molecular weight is 287 g/mol. The van der Waals surface area contributed by atoms with E-state index in [1.165, 1.54) is 0 Å². The van der Waals surface area contributed by atoms with Gasteiger partial charge in [0.15, 0.2) is 0 Å². The van der Waals surface area contributed by atoms with Gasteiger partial charge in [-0.15, -0.1) is 0 Å². The van der Waals surface area contributed by atoms with E-state index in [1.54, 1.807) is 0 Å². The SMILES string of the molecule is N#CC1CCCC1n1cc(I)cn1. The van der Waals surface area contributed by atoms with Crippen LogP contribution in [0.5, 0.6) is 0 Å². The third-order valence-electron chi connectivity index (χ3n) is 2.56. The van der Waals surface area contributed by atoms with E-state index in [2.05, 4.69) is 33.8 Å². The zero-order valence-corrected chi connectivity index (χ0v) is 9.31. The molecule has 3 nitrogen and oxygen atoms in total. The molecule has 1 aromatic rings. The fourth-order valence-corrected chi connectivity index (χ4v) is 2.31. The molecule has 0 amide bonds. The molecule has 1 heterocycles. The lowest BCUT2D eigenvalue weighted by Crippen LogP contribution is -2.12. The van der Waals surface area contributed by atoms with Crippen LogP contribution in [0.1, 0.15) is 25.3 Å². The van der Waals surface area contributed by atoms with Crippen LogP contribution in [0, 0.1) is 20.8 Å². The lowest BCUT2D eigenvalue weighted by Gasteiger charge is -2.13. The van der Waals surface area contributed by atoms with Crippen molar-refractivity contribution < 1.29 is 0 Å². The van der Waals surface area contributed by atoms with E-state index in [9.17, 15) is 0 Å². The van der Waals surface area contributed by atoms with Gasteiger partial charge in [-0.1, -0.05) is 0 Å². The van der Waals surface area contributed by atoms with E-state index in [-0.39, 0.29) is 5.92 Å². The zero-order chi connectivity index (χ0) is 9.26. The van der Waals surface area contributed by atoms with Crippen molar-refractivity contribution in [2.24, 2.45) is 5.92 Å². The monoisotopic (exact) mass is 287 g/mol. The highest BCUT2D eigenvalue weighted by molar-refractivity contribution is 14.1. The van der Waals surface area contributed by atoms with Crippen molar-refractivity contribution in [2.75, 3.05) is 0 Å². The molecule has 1 saturated carbocycles. The first kappa shape index (κ1) is 9.00. The highest BCUT2D eigenvalue weighted by atomic mass is 127. The van der Waals surface area contributed by atoms with Crippen molar-refractivity contribution in [1.29, 1.82) is 5.26 Å². The maximum Gasteiger partial charge on any atom is 0.0687 e. The summed E-state index contributed by atoms with van der Waals surface area (Å²) in [6.45, 7) is 0. The van der Waals surface area contributed by atoms with Gasteiger partial charge in [0.1, 0.15) is 0 Å². The molecule has 0 bridgehead atoms. The number of rotatable bonds is 1. The van der Waals surface area contributed by atoms with Gasteiger partial charge in [-0.25, -0.2) is 0 Å². The number of nitrogens with zero attached hydrogens (tertiary/aromatic N) is 3. The maximum absolute atomic E-state index is 8.91. The molecule has 2 unspecified atom stereocenters. The Balaban J connectivity index is 2.21. The van der Waals surface area contributed by atoms with Crippen LogP contribution in [0.15, 0.2) is 12.4 Å². The summed E-state index contributed by atoms with van der Waals surface area (Å²) >= 11 is 2.24. The van der Waals surface area contributed by atoms with E-state index < -0.39 is 0 Å². The van der Waals surface area contributed by atoms with E-state index in [1.807, 2.05) is 17.1 Å². The molecule has 0 spiro atoms. The van der Waals surface area contributed by atoms with Crippen LogP contribution in [0.25, 0.3) is 0 Å². The Kier molecular flexibility index (Phi) is 2.54. The molecule has 0 aromatic carbocycles. The molecule has 2 atom stereocenters. The first-order chi connectivity index (χ1) is 6.31. The Morgan fingerprint density at radius 1 is 1.62 bits per heavy atom. The largest absolute Gasteiger partial charge is 0.267 e. The number of nitriles is 1. The highest BCUT2D eigenvalue weighted by Crippen LogP contribution is 2.34. The predicted molar refractivity (Wildman–Crippen MR) is 56.9 cm³/mol. The summed E-state index contributed by atoms with van der Waals surface area (Å²) in [5.41, 5.74) is 0. The summed E-state index contributed by atoms with van der Waals surface area (Å²) < 4.78 is 3.09. The lowest BCUT2D eigenvalue weighted by atomic mass is 10.1. The smallest absolute Gasteiger partial charge is 0.0687 e. The van der Waals surface area contributed by atoms with E-state index in [0.29, 0.717) is 6.04 Å². The second-order valence-corrected chi connectivity index (χ2v) is 4.62. The van der Waals surface area contributed by atoms with E-state index >= 15 is 0 Å². The summed E-state index contributed by atoms with van der Waals surface area (Å²) in [6, 6.07) is 2.67. The molecule has 0 saturated heterocycles.